The number of rotatable bonds is 5. The van der Waals surface area contributed by atoms with Crippen LogP contribution in [0.25, 0.3) is 33.8 Å². The van der Waals surface area contributed by atoms with Gasteiger partial charge >= 0.3 is 0 Å². The molecule has 10 heteroatoms. The minimum absolute atomic E-state index is 0.342. The van der Waals surface area contributed by atoms with E-state index >= 15 is 0 Å². The highest BCUT2D eigenvalue weighted by molar-refractivity contribution is 6.00. The van der Waals surface area contributed by atoms with Crippen LogP contribution >= 0.6 is 0 Å². The van der Waals surface area contributed by atoms with Crippen molar-refractivity contribution < 1.29 is 4.52 Å². The number of nitrogens with zero attached hydrogens (tertiary/aromatic N) is 7. The number of aromatic nitrogens is 7. The maximum atomic E-state index is 6.30. The summed E-state index contributed by atoms with van der Waals surface area (Å²) in [6, 6.07) is 0.342. The highest BCUT2D eigenvalue weighted by Gasteiger charge is 2.37. The van der Waals surface area contributed by atoms with Crippen molar-refractivity contribution in [2.75, 3.05) is 18.8 Å². The Bertz CT molecular complexity index is 1330. The number of nitrogens with one attached hydrogen (secondary N) is 1. The number of fused-ring (bicyclic) bond motifs is 1. The van der Waals surface area contributed by atoms with E-state index in [1.807, 2.05) is 17.1 Å². The molecule has 0 radical (unpaired) electrons. The monoisotopic (exact) mass is 443 g/mol. The molecule has 4 aromatic heterocycles. The van der Waals surface area contributed by atoms with Gasteiger partial charge in [-0.2, -0.15) is 5.10 Å². The van der Waals surface area contributed by atoms with E-state index in [0.29, 0.717) is 46.3 Å². The van der Waals surface area contributed by atoms with Crippen LogP contribution in [0.1, 0.15) is 67.7 Å². The van der Waals surface area contributed by atoms with Crippen molar-refractivity contribution in [1.29, 1.82) is 0 Å². The van der Waals surface area contributed by atoms with E-state index in [-0.39, 0.29) is 0 Å². The minimum Gasteiger partial charge on any atom is -0.383 e. The number of hydrogen-bond acceptors (Lipinski definition) is 9. The van der Waals surface area contributed by atoms with Gasteiger partial charge in [0.2, 0.25) is 0 Å². The van der Waals surface area contributed by atoms with Crippen LogP contribution in [0, 0.1) is 0 Å². The molecule has 3 fully saturated rings. The SMILES string of the molecule is Nc1ncnc2c1c(-c1noc(C3CC3)c1-c1ncc(C3CCNCC3)cn1)nn2C1CC1. The smallest absolute Gasteiger partial charge is 0.165 e. The van der Waals surface area contributed by atoms with Gasteiger partial charge < -0.3 is 15.6 Å². The maximum absolute atomic E-state index is 6.30. The van der Waals surface area contributed by atoms with Gasteiger partial charge in [-0.05, 0) is 63.1 Å². The van der Waals surface area contributed by atoms with Crippen molar-refractivity contribution in [1.82, 2.24) is 40.2 Å². The molecular weight excluding hydrogens is 418 g/mol. The quantitative estimate of drug-likeness (QED) is 0.477. The van der Waals surface area contributed by atoms with Crippen molar-refractivity contribution in [3.05, 3.63) is 30.0 Å². The van der Waals surface area contributed by atoms with Crippen LogP contribution < -0.4 is 11.1 Å². The van der Waals surface area contributed by atoms with Gasteiger partial charge in [-0.25, -0.2) is 24.6 Å². The zero-order chi connectivity index (χ0) is 21.9. The lowest BCUT2D eigenvalue weighted by Crippen LogP contribution is -2.26. The standard InChI is InChI=1S/C23H25N9O/c24-21-17-18(30-32(15-3-4-15)23(17)29-11-28-21)19-16(20(33-31-19)13-1-2-13)22-26-9-14(10-27-22)12-5-7-25-8-6-12/h9-13,15,25H,1-8H2,(H2,24,28,29). The normalized spacial score (nSPS) is 19.4. The maximum Gasteiger partial charge on any atom is 0.165 e. The molecule has 0 unspecified atom stereocenters. The third kappa shape index (κ3) is 3.19. The molecule has 33 heavy (non-hydrogen) atoms. The molecule has 2 saturated carbocycles. The summed E-state index contributed by atoms with van der Waals surface area (Å²) in [5.74, 6) is 2.70. The molecule has 0 amide bonds. The Morgan fingerprint density at radius 2 is 1.70 bits per heavy atom. The van der Waals surface area contributed by atoms with Crippen LogP contribution in [0.15, 0.2) is 23.2 Å². The fraction of sp³-hybridized carbons (Fsp3) is 0.478. The molecule has 5 heterocycles. The van der Waals surface area contributed by atoms with Crippen LogP contribution in [0.4, 0.5) is 5.82 Å². The molecular formula is C23H25N9O. The number of anilines is 1. The summed E-state index contributed by atoms with van der Waals surface area (Å²) in [6.45, 7) is 2.07. The largest absolute Gasteiger partial charge is 0.383 e. The van der Waals surface area contributed by atoms with Crippen LogP contribution in [0.5, 0.6) is 0 Å². The van der Waals surface area contributed by atoms with Crippen LogP contribution in [0.3, 0.4) is 0 Å². The Morgan fingerprint density at radius 1 is 0.909 bits per heavy atom. The highest BCUT2D eigenvalue weighted by atomic mass is 16.5. The summed E-state index contributed by atoms with van der Waals surface area (Å²) in [6.07, 6.45) is 12.0. The van der Waals surface area contributed by atoms with E-state index < -0.39 is 0 Å². The molecule has 1 aliphatic heterocycles. The van der Waals surface area contributed by atoms with Crippen molar-refractivity contribution in [2.24, 2.45) is 0 Å². The Morgan fingerprint density at radius 3 is 2.42 bits per heavy atom. The second kappa shape index (κ2) is 7.31. The number of nitrogen functional groups attached to an aromatic ring is 1. The van der Waals surface area contributed by atoms with Crippen molar-refractivity contribution >= 4 is 16.9 Å². The average molecular weight is 444 g/mol. The van der Waals surface area contributed by atoms with E-state index in [2.05, 4.69) is 20.4 Å². The Labute approximate surface area is 190 Å². The van der Waals surface area contributed by atoms with Gasteiger partial charge in [0.05, 0.1) is 17.0 Å². The van der Waals surface area contributed by atoms with Crippen LogP contribution in [0.2, 0.25) is 0 Å². The lowest BCUT2D eigenvalue weighted by molar-refractivity contribution is 0.386. The van der Waals surface area contributed by atoms with E-state index in [1.54, 1.807) is 0 Å². The van der Waals surface area contributed by atoms with Crippen molar-refractivity contribution in [2.45, 2.75) is 56.4 Å². The second-order valence-electron chi connectivity index (χ2n) is 9.39. The van der Waals surface area contributed by atoms with Gasteiger partial charge in [-0.15, -0.1) is 0 Å². The van der Waals surface area contributed by atoms with Gasteiger partial charge in [-0.1, -0.05) is 5.16 Å². The molecule has 1 saturated heterocycles. The van der Waals surface area contributed by atoms with E-state index in [4.69, 9.17) is 25.3 Å². The first-order chi connectivity index (χ1) is 16.3. The third-order valence-electron chi connectivity index (χ3n) is 7.01. The molecule has 3 N–H and O–H groups in total. The molecule has 0 atom stereocenters. The van der Waals surface area contributed by atoms with Gasteiger partial charge in [0.25, 0.3) is 0 Å². The van der Waals surface area contributed by atoms with E-state index in [0.717, 1.165) is 68.6 Å². The Kier molecular flexibility index (Phi) is 4.23. The zero-order valence-corrected chi connectivity index (χ0v) is 18.2. The predicted molar refractivity (Wildman–Crippen MR) is 121 cm³/mol. The molecule has 4 aromatic rings. The summed E-state index contributed by atoms with van der Waals surface area (Å²) in [7, 11) is 0. The summed E-state index contributed by atoms with van der Waals surface area (Å²) in [5, 5.41) is 13.5. The average Bonchev–Trinajstić information content (AvgIpc) is 3.79. The number of nitrogens with two attached hydrogens (primary N) is 1. The first kappa shape index (κ1) is 19.1. The first-order valence-electron chi connectivity index (χ1n) is 11.8. The third-order valence-corrected chi connectivity index (χ3v) is 7.01. The number of hydrogen-bond donors (Lipinski definition) is 2. The summed E-state index contributed by atoms with van der Waals surface area (Å²) in [5.41, 5.74) is 10.3. The topological polar surface area (TPSA) is 133 Å². The fourth-order valence-electron chi connectivity index (χ4n) is 4.87. The molecule has 168 valence electrons. The van der Waals surface area contributed by atoms with Crippen molar-refractivity contribution in [3.63, 3.8) is 0 Å². The fourth-order valence-corrected chi connectivity index (χ4v) is 4.87. The van der Waals surface area contributed by atoms with E-state index in [9.17, 15) is 0 Å². The molecule has 7 rings (SSSR count). The summed E-state index contributed by atoms with van der Waals surface area (Å²) < 4.78 is 7.84. The molecule has 3 aliphatic rings. The van der Waals surface area contributed by atoms with Crippen LogP contribution in [-0.2, 0) is 0 Å². The first-order valence-corrected chi connectivity index (χ1v) is 11.8. The van der Waals surface area contributed by atoms with Crippen molar-refractivity contribution in [3.8, 4) is 22.8 Å². The molecule has 10 nitrogen and oxygen atoms in total. The summed E-state index contributed by atoms with van der Waals surface area (Å²) >= 11 is 0. The van der Waals surface area contributed by atoms with Gasteiger partial charge in [0.15, 0.2) is 17.2 Å². The highest BCUT2D eigenvalue weighted by Crippen LogP contribution is 2.48. The van der Waals surface area contributed by atoms with Crippen LogP contribution in [-0.4, -0.2) is 48.0 Å². The lowest BCUT2D eigenvalue weighted by atomic mass is 9.92. The molecule has 0 spiro atoms. The van der Waals surface area contributed by atoms with E-state index in [1.165, 1.54) is 11.9 Å². The molecule has 0 aromatic carbocycles. The zero-order valence-electron chi connectivity index (χ0n) is 18.2. The lowest BCUT2D eigenvalue weighted by Gasteiger charge is -2.22. The second-order valence-corrected chi connectivity index (χ2v) is 9.39. The minimum atomic E-state index is 0.342. The summed E-state index contributed by atoms with van der Waals surface area (Å²) in [4.78, 5) is 18.3. The molecule has 2 aliphatic carbocycles. The van der Waals surface area contributed by atoms with Gasteiger partial charge in [-0.3, -0.25) is 0 Å². The van der Waals surface area contributed by atoms with Gasteiger partial charge in [0.1, 0.15) is 23.5 Å². The Balaban J connectivity index is 1.37. The predicted octanol–water partition coefficient (Wildman–Crippen LogP) is 3.20. The van der Waals surface area contributed by atoms with Gasteiger partial charge in [0, 0.05) is 18.3 Å². The Hall–Kier alpha value is -3.40. The molecule has 0 bridgehead atoms. The number of piperidine rings is 1.